The summed E-state index contributed by atoms with van der Waals surface area (Å²) in [5, 5.41) is 6.20. The predicted molar refractivity (Wildman–Crippen MR) is 149 cm³/mol. The van der Waals surface area contributed by atoms with Gasteiger partial charge in [-0.05, 0) is 27.6 Å². The van der Waals surface area contributed by atoms with E-state index in [-0.39, 0.29) is 10.3 Å². The number of para-hydroxylation sites is 1. The van der Waals surface area contributed by atoms with Crippen LogP contribution in [-0.4, -0.2) is 41.0 Å². The van der Waals surface area contributed by atoms with Gasteiger partial charge >= 0.3 is 5.97 Å². The number of benzene rings is 2. The van der Waals surface area contributed by atoms with Crippen LogP contribution in [0.25, 0.3) is 10.9 Å². The smallest absolute Gasteiger partial charge is 0.360 e. The SMILES string of the molecule is CO/N=C(/C(=O)OC)c1ccccc1Cn1c(Br)c(C(SC(C)C)SC(C)C)c2ccccc21. The number of aromatic nitrogens is 1. The number of fused-ring (bicyclic) bond motifs is 1. The zero-order valence-electron chi connectivity index (χ0n) is 20.4. The number of hydrogen-bond acceptors (Lipinski definition) is 6. The van der Waals surface area contributed by atoms with E-state index in [1.807, 2.05) is 47.8 Å². The summed E-state index contributed by atoms with van der Waals surface area (Å²) in [4.78, 5) is 17.4. The van der Waals surface area contributed by atoms with Crippen molar-refractivity contribution in [2.24, 2.45) is 5.16 Å². The second-order valence-corrected chi connectivity index (χ2v) is 12.7. The van der Waals surface area contributed by atoms with E-state index < -0.39 is 5.97 Å². The molecule has 182 valence electrons. The first kappa shape index (κ1) is 26.7. The van der Waals surface area contributed by atoms with Gasteiger partial charge in [0.1, 0.15) is 7.11 Å². The van der Waals surface area contributed by atoms with Gasteiger partial charge in [-0.1, -0.05) is 75.3 Å². The van der Waals surface area contributed by atoms with Crippen molar-refractivity contribution in [3.8, 4) is 0 Å². The summed E-state index contributed by atoms with van der Waals surface area (Å²) in [6, 6.07) is 16.2. The Hall–Kier alpha value is -1.90. The molecule has 1 heterocycles. The second-order valence-electron chi connectivity index (χ2n) is 8.28. The van der Waals surface area contributed by atoms with Crippen molar-refractivity contribution in [3.63, 3.8) is 0 Å². The monoisotopic (exact) mass is 562 g/mol. The van der Waals surface area contributed by atoms with E-state index in [0.29, 0.717) is 22.6 Å². The van der Waals surface area contributed by atoms with Crippen LogP contribution in [0.15, 0.2) is 58.3 Å². The van der Waals surface area contributed by atoms with Crippen molar-refractivity contribution in [2.75, 3.05) is 14.2 Å². The lowest BCUT2D eigenvalue weighted by Gasteiger charge is -2.21. The largest absolute Gasteiger partial charge is 0.464 e. The second kappa shape index (κ2) is 12.2. The molecule has 2 aromatic carbocycles. The van der Waals surface area contributed by atoms with E-state index in [1.54, 1.807) is 0 Å². The lowest BCUT2D eigenvalue weighted by atomic mass is 10.0. The zero-order chi connectivity index (χ0) is 24.8. The van der Waals surface area contributed by atoms with Gasteiger partial charge in [0, 0.05) is 39.1 Å². The van der Waals surface area contributed by atoms with Crippen LogP contribution in [0, 0.1) is 0 Å². The van der Waals surface area contributed by atoms with Crippen LogP contribution in [0.4, 0.5) is 0 Å². The van der Waals surface area contributed by atoms with Gasteiger partial charge in [0.25, 0.3) is 0 Å². The Balaban J connectivity index is 2.16. The van der Waals surface area contributed by atoms with Crippen LogP contribution in [0.5, 0.6) is 0 Å². The molecule has 3 aromatic rings. The first-order valence-electron chi connectivity index (χ1n) is 11.1. The number of esters is 1. The maximum atomic E-state index is 12.4. The molecule has 3 rings (SSSR count). The van der Waals surface area contributed by atoms with Crippen LogP contribution in [-0.2, 0) is 20.9 Å². The average Bonchev–Trinajstić information content (AvgIpc) is 3.07. The lowest BCUT2D eigenvalue weighted by molar-refractivity contribution is -0.132. The Labute approximate surface area is 218 Å². The maximum Gasteiger partial charge on any atom is 0.360 e. The minimum absolute atomic E-state index is 0.150. The van der Waals surface area contributed by atoms with Crippen molar-refractivity contribution in [1.29, 1.82) is 0 Å². The van der Waals surface area contributed by atoms with E-state index in [1.165, 1.54) is 25.2 Å². The number of nitrogens with zero attached hydrogens (tertiary/aromatic N) is 2. The van der Waals surface area contributed by atoms with Crippen molar-refractivity contribution in [3.05, 3.63) is 69.8 Å². The summed E-state index contributed by atoms with van der Waals surface area (Å²) < 4.78 is 8.56. The number of carbonyl (C=O) groups is 1. The molecule has 0 fully saturated rings. The van der Waals surface area contributed by atoms with Crippen LogP contribution in [0.3, 0.4) is 0 Å². The van der Waals surface area contributed by atoms with Crippen molar-refractivity contribution >= 4 is 62.0 Å². The fraction of sp³-hybridized carbons (Fsp3) is 0.385. The molecule has 5 nitrogen and oxygen atoms in total. The van der Waals surface area contributed by atoms with Gasteiger partial charge in [0.2, 0.25) is 0 Å². The molecule has 0 atom stereocenters. The highest BCUT2D eigenvalue weighted by Crippen LogP contribution is 2.49. The van der Waals surface area contributed by atoms with E-state index in [4.69, 9.17) is 9.57 Å². The van der Waals surface area contributed by atoms with Gasteiger partial charge in [0.15, 0.2) is 5.71 Å². The third kappa shape index (κ3) is 6.01. The standard InChI is InChI=1S/C26H31BrN2O3S2/c1-16(2)33-26(34-17(3)4)22-20-13-9-10-14-21(20)29(24(22)27)15-18-11-7-8-12-19(18)23(28-32-6)25(30)31-5/h7-14,16-17,26H,15H2,1-6H3/b28-23+. The van der Waals surface area contributed by atoms with E-state index in [9.17, 15) is 4.79 Å². The van der Waals surface area contributed by atoms with Crippen LogP contribution in [0.2, 0.25) is 0 Å². The number of thioether (sulfide) groups is 2. The van der Waals surface area contributed by atoms with E-state index in [2.05, 4.69) is 77.6 Å². The van der Waals surface area contributed by atoms with Crippen LogP contribution < -0.4 is 0 Å². The minimum atomic E-state index is -0.534. The molecule has 34 heavy (non-hydrogen) atoms. The molecule has 0 aliphatic carbocycles. The summed E-state index contributed by atoms with van der Waals surface area (Å²) in [5.74, 6) is -0.534. The molecule has 8 heteroatoms. The first-order chi connectivity index (χ1) is 16.3. The zero-order valence-corrected chi connectivity index (χ0v) is 23.6. The molecule has 1 aromatic heterocycles. The van der Waals surface area contributed by atoms with E-state index >= 15 is 0 Å². The molecule has 0 saturated carbocycles. The lowest BCUT2D eigenvalue weighted by Crippen LogP contribution is -2.20. The maximum absolute atomic E-state index is 12.4. The van der Waals surface area contributed by atoms with Crippen molar-refractivity contribution in [1.82, 2.24) is 4.57 Å². The molecular formula is C26H31BrN2O3S2. The molecule has 0 saturated heterocycles. The van der Waals surface area contributed by atoms with Gasteiger partial charge in [-0.2, -0.15) is 0 Å². The number of ether oxygens (including phenoxy) is 1. The van der Waals surface area contributed by atoms with Gasteiger partial charge < -0.3 is 14.1 Å². The van der Waals surface area contributed by atoms with Gasteiger partial charge in [-0.3, -0.25) is 0 Å². The number of rotatable bonds is 10. The summed E-state index contributed by atoms with van der Waals surface area (Å²) in [6.07, 6.45) is 0. The molecule has 0 N–H and O–H groups in total. The Kier molecular flexibility index (Phi) is 9.56. The quantitative estimate of drug-likeness (QED) is 0.113. The highest BCUT2D eigenvalue weighted by molar-refractivity contribution is 9.10. The normalized spacial score (nSPS) is 12.2. The van der Waals surface area contributed by atoms with Crippen molar-refractivity contribution < 1.29 is 14.4 Å². The fourth-order valence-corrected chi connectivity index (χ4v) is 8.17. The Morgan fingerprint density at radius 1 is 1.00 bits per heavy atom. The Morgan fingerprint density at radius 3 is 2.24 bits per heavy atom. The average molecular weight is 564 g/mol. The Morgan fingerprint density at radius 2 is 1.62 bits per heavy atom. The third-order valence-electron chi connectivity index (χ3n) is 5.13. The molecule has 0 unspecified atom stereocenters. The molecule has 0 spiro atoms. The van der Waals surface area contributed by atoms with Crippen molar-refractivity contribution in [2.45, 2.75) is 49.3 Å². The van der Waals surface area contributed by atoms with Crippen LogP contribution in [0.1, 0.15) is 49.0 Å². The fourth-order valence-electron chi connectivity index (χ4n) is 3.78. The predicted octanol–water partition coefficient (Wildman–Crippen LogP) is 7.26. The highest BCUT2D eigenvalue weighted by Gasteiger charge is 2.26. The van der Waals surface area contributed by atoms with Crippen LogP contribution >= 0.6 is 39.5 Å². The van der Waals surface area contributed by atoms with Gasteiger partial charge in [-0.15, -0.1) is 23.5 Å². The Bertz CT molecular complexity index is 1160. The van der Waals surface area contributed by atoms with Gasteiger partial charge in [0.05, 0.1) is 16.3 Å². The summed E-state index contributed by atoms with van der Waals surface area (Å²) >= 11 is 7.91. The first-order valence-corrected chi connectivity index (χ1v) is 13.8. The topological polar surface area (TPSA) is 52.8 Å². The molecule has 0 bridgehead atoms. The molecule has 0 amide bonds. The third-order valence-corrected chi connectivity index (χ3v) is 8.71. The number of halogens is 1. The molecule has 0 radical (unpaired) electrons. The number of carbonyl (C=O) groups excluding carboxylic acids is 1. The number of hydrogen-bond donors (Lipinski definition) is 0. The molecule has 0 aliphatic heterocycles. The summed E-state index contributed by atoms with van der Waals surface area (Å²) in [5.41, 5.74) is 4.22. The number of oxime groups is 1. The summed E-state index contributed by atoms with van der Waals surface area (Å²) in [6.45, 7) is 9.52. The van der Waals surface area contributed by atoms with Gasteiger partial charge in [-0.25, -0.2) is 4.79 Å². The summed E-state index contributed by atoms with van der Waals surface area (Å²) in [7, 11) is 2.77. The minimum Gasteiger partial charge on any atom is -0.464 e. The molecule has 0 aliphatic rings. The number of methoxy groups -OCH3 is 1. The van der Waals surface area contributed by atoms with E-state index in [0.717, 1.165) is 15.7 Å². The molecular weight excluding hydrogens is 532 g/mol. The highest BCUT2D eigenvalue weighted by atomic mass is 79.9.